The number of methoxy groups -OCH3 is 1. The Hall–Kier alpha value is -0.940. The van der Waals surface area contributed by atoms with E-state index in [-0.39, 0.29) is 5.60 Å². The first-order valence-electron chi connectivity index (χ1n) is 8.33. The van der Waals surface area contributed by atoms with Gasteiger partial charge in [0, 0.05) is 13.2 Å². The van der Waals surface area contributed by atoms with Gasteiger partial charge in [-0.2, -0.15) is 4.98 Å². The summed E-state index contributed by atoms with van der Waals surface area (Å²) in [5, 5.41) is 7.72. The lowest BCUT2D eigenvalue weighted by Gasteiger charge is -2.35. The number of hydrogen-bond donors (Lipinski definition) is 1. The summed E-state index contributed by atoms with van der Waals surface area (Å²) < 4.78 is 11.2. The van der Waals surface area contributed by atoms with Gasteiger partial charge >= 0.3 is 0 Å². The summed E-state index contributed by atoms with van der Waals surface area (Å²) >= 11 is 0. The van der Waals surface area contributed by atoms with Crippen molar-refractivity contribution < 1.29 is 9.26 Å². The van der Waals surface area contributed by atoms with E-state index >= 15 is 0 Å². The van der Waals surface area contributed by atoms with E-state index in [2.05, 4.69) is 22.4 Å². The van der Waals surface area contributed by atoms with Crippen molar-refractivity contribution in [1.29, 1.82) is 0 Å². The Morgan fingerprint density at radius 1 is 1.24 bits per heavy atom. The van der Waals surface area contributed by atoms with Crippen LogP contribution in [0, 0.1) is 5.92 Å². The molecule has 1 heterocycles. The average Bonchev–Trinajstić information content (AvgIpc) is 3.18. The number of hydrogen-bond acceptors (Lipinski definition) is 5. The second-order valence-corrected chi connectivity index (χ2v) is 6.75. The minimum absolute atomic E-state index is 0.332. The molecule has 0 aliphatic heterocycles. The topological polar surface area (TPSA) is 60.2 Å². The molecule has 0 saturated heterocycles. The van der Waals surface area contributed by atoms with Gasteiger partial charge in [0.2, 0.25) is 11.7 Å². The van der Waals surface area contributed by atoms with Gasteiger partial charge in [-0.15, -0.1) is 0 Å². The highest BCUT2D eigenvalue weighted by Gasteiger charge is 2.40. The number of ether oxygens (including phenoxy) is 1. The highest BCUT2D eigenvalue weighted by molar-refractivity contribution is 5.04. The fourth-order valence-electron chi connectivity index (χ4n) is 3.62. The van der Waals surface area contributed by atoms with E-state index in [1.54, 1.807) is 7.11 Å². The van der Waals surface area contributed by atoms with E-state index in [1.807, 2.05) is 0 Å². The molecule has 2 saturated carbocycles. The van der Waals surface area contributed by atoms with Crippen LogP contribution in [0.1, 0.15) is 70.0 Å². The third-order valence-electron chi connectivity index (χ3n) is 5.25. The van der Waals surface area contributed by atoms with Crippen molar-refractivity contribution in [3.63, 3.8) is 0 Å². The molecule has 1 aromatic heterocycles. The smallest absolute Gasteiger partial charge is 0.240 e. The molecule has 5 nitrogen and oxygen atoms in total. The van der Waals surface area contributed by atoms with Gasteiger partial charge in [-0.05, 0) is 44.4 Å². The summed E-state index contributed by atoms with van der Waals surface area (Å²) in [6.45, 7) is 2.97. The quantitative estimate of drug-likeness (QED) is 0.903. The Bertz CT molecular complexity index is 446. The average molecular weight is 293 g/mol. The molecule has 5 heteroatoms. The molecule has 2 aliphatic rings. The maximum atomic E-state index is 5.80. The molecular weight excluding hydrogens is 266 g/mol. The van der Waals surface area contributed by atoms with Crippen LogP contribution in [0.25, 0.3) is 0 Å². The summed E-state index contributed by atoms with van der Waals surface area (Å²) in [7, 11) is 1.77. The zero-order valence-corrected chi connectivity index (χ0v) is 13.2. The number of rotatable bonds is 5. The monoisotopic (exact) mass is 293 g/mol. The summed E-state index contributed by atoms with van der Waals surface area (Å²) in [5.74, 6) is 2.19. The van der Waals surface area contributed by atoms with Crippen molar-refractivity contribution in [1.82, 2.24) is 15.5 Å². The third-order valence-corrected chi connectivity index (χ3v) is 5.25. The van der Waals surface area contributed by atoms with E-state index in [4.69, 9.17) is 9.26 Å². The molecule has 3 rings (SSSR count). The van der Waals surface area contributed by atoms with Gasteiger partial charge in [-0.25, -0.2) is 0 Å². The zero-order valence-electron chi connectivity index (χ0n) is 13.2. The lowest BCUT2D eigenvalue weighted by Crippen LogP contribution is -2.34. The predicted molar refractivity (Wildman–Crippen MR) is 79.7 cm³/mol. The highest BCUT2D eigenvalue weighted by Crippen LogP contribution is 2.40. The van der Waals surface area contributed by atoms with Crippen LogP contribution in [-0.4, -0.2) is 23.3 Å². The predicted octanol–water partition coefficient (Wildman–Crippen LogP) is 3.15. The molecule has 0 unspecified atom stereocenters. The second kappa shape index (κ2) is 6.44. The van der Waals surface area contributed by atoms with Crippen molar-refractivity contribution in [3.8, 4) is 0 Å². The molecule has 0 atom stereocenters. The third kappa shape index (κ3) is 3.29. The van der Waals surface area contributed by atoms with Crippen LogP contribution in [-0.2, 0) is 16.9 Å². The van der Waals surface area contributed by atoms with Crippen LogP contribution in [0.2, 0.25) is 0 Å². The summed E-state index contributed by atoms with van der Waals surface area (Å²) in [6.07, 6.45) is 9.49. The van der Waals surface area contributed by atoms with Gasteiger partial charge in [0.1, 0.15) is 5.60 Å². The molecule has 0 radical (unpaired) electrons. The normalized spacial score (nSPS) is 30.9. The van der Waals surface area contributed by atoms with Gasteiger partial charge in [-0.3, -0.25) is 0 Å². The molecular formula is C16H27N3O2. The van der Waals surface area contributed by atoms with Crippen LogP contribution in [0.4, 0.5) is 0 Å². The van der Waals surface area contributed by atoms with Crippen molar-refractivity contribution in [2.75, 3.05) is 7.11 Å². The second-order valence-electron chi connectivity index (χ2n) is 6.75. The van der Waals surface area contributed by atoms with Gasteiger partial charge in [-0.1, -0.05) is 24.9 Å². The van der Waals surface area contributed by atoms with E-state index in [1.165, 1.54) is 25.7 Å². The van der Waals surface area contributed by atoms with Crippen molar-refractivity contribution in [3.05, 3.63) is 11.7 Å². The van der Waals surface area contributed by atoms with E-state index in [0.717, 1.165) is 37.4 Å². The Morgan fingerprint density at radius 2 is 1.95 bits per heavy atom. The molecule has 2 aliphatic carbocycles. The van der Waals surface area contributed by atoms with Gasteiger partial charge in [0.25, 0.3) is 0 Å². The molecule has 21 heavy (non-hydrogen) atoms. The lowest BCUT2D eigenvalue weighted by molar-refractivity contribution is -0.0609. The Balaban J connectivity index is 1.62. The van der Waals surface area contributed by atoms with Crippen LogP contribution in [0.15, 0.2) is 4.52 Å². The first-order chi connectivity index (χ1) is 10.2. The van der Waals surface area contributed by atoms with Crippen LogP contribution in [0.3, 0.4) is 0 Å². The summed E-state index contributed by atoms with van der Waals surface area (Å²) in [5.41, 5.74) is -0.332. The van der Waals surface area contributed by atoms with Gasteiger partial charge in [0.15, 0.2) is 0 Å². The minimum atomic E-state index is -0.332. The van der Waals surface area contributed by atoms with Crippen molar-refractivity contribution in [2.24, 2.45) is 5.92 Å². The van der Waals surface area contributed by atoms with Crippen LogP contribution >= 0.6 is 0 Å². The van der Waals surface area contributed by atoms with E-state index < -0.39 is 0 Å². The SMILES string of the molecule is COC1(c2noc(CNC3CCCC3)n2)CCC(C)CC1. The fourth-order valence-corrected chi connectivity index (χ4v) is 3.62. The number of nitrogens with zero attached hydrogens (tertiary/aromatic N) is 2. The van der Waals surface area contributed by atoms with Crippen LogP contribution < -0.4 is 5.32 Å². The standard InChI is InChI=1S/C16H27N3O2/c1-12-7-9-16(20-2,10-8-12)15-18-14(21-19-15)11-17-13-5-3-4-6-13/h12-13,17H,3-11H2,1-2H3. The first-order valence-corrected chi connectivity index (χ1v) is 8.33. The Labute approximate surface area is 126 Å². The largest absolute Gasteiger partial charge is 0.370 e. The molecule has 118 valence electrons. The molecule has 1 N–H and O–H groups in total. The molecule has 0 amide bonds. The van der Waals surface area contributed by atoms with E-state index in [9.17, 15) is 0 Å². The van der Waals surface area contributed by atoms with E-state index in [0.29, 0.717) is 18.5 Å². The summed E-state index contributed by atoms with van der Waals surface area (Å²) in [6, 6.07) is 0.618. The van der Waals surface area contributed by atoms with Gasteiger partial charge in [0.05, 0.1) is 6.54 Å². The number of nitrogens with one attached hydrogen (secondary N) is 1. The van der Waals surface area contributed by atoms with Crippen molar-refractivity contribution >= 4 is 0 Å². The Morgan fingerprint density at radius 3 is 2.62 bits per heavy atom. The summed E-state index contributed by atoms with van der Waals surface area (Å²) in [4.78, 5) is 4.60. The molecule has 0 spiro atoms. The number of aromatic nitrogens is 2. The first kappa shape index (κ1) is 15.0. The van der Waals surface area contributed by atoms with Crippen LogP contribution in [0.5, 0.6) is 0 Å². The molecule has 2 fully saturated rings. The lowest BCUT2D eigenvalue weighted by atomic mass is 9.79. The maximum Gasteiger partial charge on any atom is 0.240 e. The fraction of sp³-hybridized carbons (Fsp3) is 0.875. The minimum Gasteiger partial charge on any atom is -0.370 e. The molecule has 1 aromatic rings. The highest BCUT2D eigenvalue weighted by atomic mass is 16.5. The van der Waals surface area contributed by atoms with Crippen molar-refractivity contribution in [2.45, 2.75) is 76.5 Å². The molecule has 0 bridgehead atoms. The van der Waals surface area contributed by atoms with Gasteiger partial charge < -0.3 is 14.6 Å². The molecule has 0 aromatic carbocycles. The maximum absolute atomic E-state index is 5.80. The zero-order chi connectivity index (χ0) is 14.7. The Kier molecular flexibility index (Phi) is 4.60.